The first kappa shape index (κ1) is 21.8. The average molecular weight is 397 g/mol. The summed E-state index contributed by atoms with van der Waals surface area (Å²) >= 11 is 0. The minimum absolute atomic E-state index is 0.00897. The largest absolute Gasteiger partial charge is 0.491 e. The molecular weight excluding hydrogens is 371 g/mol. The first-order valence-electron chi connectivity index (χ1n) is 9.29. The van der Waals surface area contributed by atoms with Gasteiger partial charge in [0.1, 0.15) is 11.3 Å². The number of unbranched alkanes of at least 4 members (excludes halogenated alkanes) is 2. The smallest absolute Gasteiger partial charge is 0.421 e. The Bertz CT molecular complexity index is 749. The summed E-state index contributed by atoms with van der Waals surface area (Å²) in [5.41, 5.74) is -0.379. The van der Waals surface area contributed by atoms with Crippen LogP contribution in [0, 0.1) is 0 Å². The third-order valence-electron chi connectivity index (χ3n) is 3.94. The highest BCUT2D eigenvalue weighted by Crippen LogP contribution is 2.38. The summed E-state index contributed by atoms with van der Waals surface area (Å²) in [6.07, 6.45) is -1.02. The Morgan fingerprint density at radius 1 is 1.11 bits per heavy atom. The molecule has 0 aliphatic heterocycles. The molecule has 0 atom stereocenters. The molecule has 0 spiro atoms. The molecule has 0 amide bonds. The topological polar surface area (TPSA) is 47.5 Å². The summed E-state index contributed by atoms with van der Waals surface area (Å²) in [6, 6.07) is 6.72. The molecule has 1 heterocycles. The van der Waals surface area contributed by atoms with Gasteiger partial charge in [0, 0.05) is 18.9 Å². The van der Waals surface area contributed by atoms with Crippen molar-refractivity contribution < 1.29 is 22.6 Å². The molecule has 0 bridgehead atoms. The zero-order chi connectivity index (χ0) is 20.7. The van der Waals surface area contributed by atoms with Gasteiger partial charge < -0.3 is 14.4 Å². The molecule has 0 N–H and O–H groups in total. The second-order valence-electron chi connectivity index (χ2n) is 6.66. The van der Waals surface area contributed by atoms with Crippen molar-refractivity contribution in [3.63, 3.8) is 0 Å². The van der Waals surface area contributed by atoms with Crippen LogP contribution in [0.25, 0.3) is 0 Å². The first-order valence-corrected chi connectivity index (χ1v) is 9.29. The number of aromatic nitrogens is 2. The molecule has 0 radical (unpaired) electrons. The van der Waals surface area contributed by atoms with Crippen LogP contribution in [0.5, 0.6) is 11.8 Å². The van der Waals surface area contributed by atoms with E-state index in [0.29, 0.717) is 18.0 Å². The summed E-state index contributed by atoms with van der Waals surface area (Å²) < 4.78 is 51.3. The predicted octanol–water partition coefficient (Wildman–Crippen LogP) is 5.62. The number of benzene rings is 1. The maximum Gasteiger partial charge on any atom is 0.421 e. The van der Waals surface area contributed by atoms with Crippen molar-refractivity contribution in [2.75, 3.05) is 18.6 Å². The molecule has 2 rings (SSSR count). The minimum atomic E-state index is -4.58. The summed E-state index contributed by atoms with van der Waals surface area (Å²) in [4.78, 5) is 9.12. The van der Waals surface area contributed by atoms with Gasteiger partial charge in [0.25, 0.3) is 0 Å². The molecule has 8 heteroatoms. The van der Waals surface area contributed by atoms with Crippen molar-refractivity contribution >= 4 is 11.5 Å². The van der Waals surface area contributed by atoms with Gasteiger partial charge in [-0.1, -0.05) is 19.8 Å². The predicted molar refractivity (Wildman–Crippen MR) is 102 cm³/mol. The van der Waals surface area contributed by atoms with Crippen molar-refractivity contribution in [1.82, 2.24) is 9.97 Å². The Hall–Kier alpha value is -2.51. The van der Waals surface area contributed by atoms with Crippen LogP contribution >= 0.6 is 0 Å². The zero-order valence-electron chi connectivity index (χ0n) is 16.6. The van der Waals surface area contributed by atoms with E-state index < -0.39 is 11.7 Å². The number of nitrogens with zero attached hydrogens (tertiary/aromatic N) is 3. The van der Waals surface area contributed by atoms with E-state index >= 15 is 0 Å². The third-order valence-corrected chi connectivity index (χ3v) is 3.94. The highest BCUT2D eigenvalue weighted by Gasteiger charge is 2.36. The van der Waals surface area contributed by atoms with Crippen molar-refractivity contribution in [3.05, 3.63) is 36.0 Å². The van der Waals surface area contributed by atoms with Gasteiger partial charge in [-0.3, -0.25) is 0 Å². The van der Waals surface area contributed by atoms with E-state index in [4.69, 9.17) is 9.47 Å². The molecule has 0 aliphatic carbocycles. The maximum absolute atomic E-state index is 13.4. The SMILES string of the molecule is CCCCCOc1ncc(C(F)(F)F)c(N(C)c2ccc(OC(C)C)cc2)n1. The molecule has 0 saturated carbocycles. The number of rotatable bonds is 9. The Kier molecular flexibility index (Phi) is 7.48. The molecular formula is C20H26F3N3O2. The highest BCUT2D eigenvalue weighted by atomic mass is 19.4. The van der Waals surface area contributed by atoms with E-state index in [1.54, 1.807) is 24.3 Å². The van der Waals surface area contributed by atoms with Gasteiger partial charge in [-0.25, -0.2) is 4.98 Å². The number of alkyl halides is 3. The summed E-state index contributed by atoms with van der Waals surface area (Å²) in [7, 11) is 1.52. The van der Waals surface area contributed by atoms with Crippen LogP contribution in [0.2, 0.25) is 0 Å². The van der Waals surface area contributed by atoms with Gasteiger partial charge in [0.05, 0.1) is 12.7 Å². The van der Waals surface area contributed by atoms with E-state index in [0.717, 1.165) is 25.5 Å². The summed E-state index contributed by atoms with van der Waals surface area (Å²) in [5, 5.41) is 0. The Morgan fingerprint density at radius 3 is 2.36 bits per heavy atom. The minimum Gasteiger partial charge on any atom is -0.491 e. The Balaban J connectivity index is 2.28. The van der Waals surface area contributed by atoms with Crippen LogP contribution < -0.4 is 14.4 Å². The van der Waals surface area contributed by atoms with Crippen LogP contribution in [-0.2, 0) is 6.18 Å². The maximum atomic E-state index is 13.4. The van der Waals surface area contributed by atoms with Gasteiger partial charge in [-0.15, -0.1) is 0 Å². The van der Waals surface area contributed by atoms with Gasteiger partial charge in [-0.2, -0.15) is 18.2 Å². The lowest BCUT2D eigenvalue weighted by Gasteiger charge is -2.23. The van der Waals surface area contributed by atoms with Crippen LogP contribution in [0.3, 0.4) is 0 Å². The normalized spacial score (nSPS) is 11.6. The molecule has 28 heavy (non-hydrogen) atoms. The van der Waals surface area contributed by atoms with Crippen LogP contribution in [0.1, 0.15) is 45.6 Å². The lowest BCUT2D eigenvalue weighted by Crippen LogP contribution is -2.19. The Labute approximate surface area is 163 Å². The van der Waals surface area contributed by atoms with Gasteiger partial charge in [0.15, 0.2) is 5.82 Å². The quantitative estimate of drug-likeness (QED) is 0.514. The lowest BCUT2D eigenvalue weighted by molar-refractivity contribution is -0.137. The molecule has 2 aromatic rings. The van der Waals surface area contributed by atoms with E-state index in [1.165, 1.54) is 11.9 Å². The third kappa shape index (κ3) is 6.00. The van der Waals surface area contributed by atoms with Crippen LogP contribution in [-0.4, -0.2) is 29.7 Å². The number of halogens is 3. The zero-order valence-corrected chi connectivity index (χ0v) is 16.6. The molecule has 0 aliphatic rings. The van der Waals surface area contributed by atoms with E-state index in [1.807, 2.05) is 13.8 Å². The van der Waals surface area contributed by atoms with Gasteiger partial charge in [0.2, 0.25) is 0 Å². The van der Waals surface area contributed by atoms with Gasteiger partial charge in [-0.05, 0) is 44.5 Å². The molecule has 0 unspecified atom stereocenters. The van der Waals surface area contributed by atoms with Gasteiger partial charge >= 0.3 is 12.2 Å². The fourth-order valence-corrected chi connectivity index (χ4v) is 2.54. The lowest BCUT2D eigenvalue weighted by atomic mass is 10.2. The standard InChI is InChI=1S/C20H26F3N3O2/c1-5-6-7-12-27-19-24-13-17(20(21,22)23)18(25-19)26(4)15-8-10-16(11-9-15)28-14(2)3/h8-11,13-14H,5-7,12H2,1-4H3. The number of hydrogen-bond acceptors (Lipinski definition) is 5. The fourth-order valence-electron chi connectivity index (χ4n) is 2.54. The van der Waals surface area contributed by atoms with E-state index in [2.05, 4.69) is 16.9 Å². The monoisotopic (exact) mass is 397 g/mol. The van der Waals surface area contributed by atoms with E-state index in [-0.39, 0.29) is 17.9 Å². The number of anilines is 2. The molecule has 0 saturated heterocycles. The fraction of sp³-hybridized carbons (Fsp3) is 0.500. The van der Waals surface area contributed by atoms with E-state index in [9.17, 15) is 13.2 Å². The molecule has 154 valence electrons. The number of ether oxygens (including phenoxy) is 2. The Morgan fingerprint density at radius 2 is 1.79 bits per heavy atom. The average Bonchev–Trinajstić information content (AvgIpc) is 2.64. The van der Waals surface area contributed by atoms with Crippen LogP contribution in [0.4, 0.5) is 24.7 Å². The molecule has 1 aromatic carbocycles. The first-order chi connectivity index (χ1) is 13.2. The molecule has 0 fully saturated rings. The summed E-state index contributed by atoms with van der Waals surface area (Å²) in [6.45, 7) is 6.22. The second kappa shape index (κ2) is 9.61. The molecule has 5 nitrogen and oxygen atoms in total. The van der Waals surface area contributed by atoms with Crippen molar-refractivity contribution in [2.45, 2.75) is 52.3 Å². The van der Waals surface area contributed by atoms with Crippen molar-refractivity contribution in [2.24, 2.45) is 0 Å². The van der Waals surface area contributed by atoms with Crippen molar-refractivity contribution in [1.29, 1.82) is 0 Å². The second-order valence-corrected chi connectivity index (χ2v) is 6.66. The number of hydrogen-bond donors (Lipinski definition) is 0. The van der Waals surface area contributed by atoms with Crippen LogP contribution in [0.15, 0.2) is 30.5 Å². The molecule has 1 aromatic heterocycles. The van der Waals surface area contributed by atoms with Crippen molar-refractivity contribution in [3.8, 4) is 11.8 Å². The summed E-state index contributed by atoms with van der Waals surface area (Å²) in [5.74, 6) is 0.386. The highest BCUT2D eigenvalue weighted by molar-refractivity contribution is 5.63.